The Hall–Kier alpha value is -0.540. The van der Waals surface area contributed by atoms with Crippen LogP contribution in [0.5, 0.6) is 5.75 Å². The fourth-order valence-electron chi connectivity index (χ4n) is 2.07. The highest BCUT2D eigenvalue weighted by molar-refractivity contribution is 8.00. The van der Waals surface area contributed by atoms with Crippen molar-refractivity contribution in [3.05, 3.63) is 23.2 Å². The van der Waals surface area contributed by atoms with Gasteiger partial charge in [-0.05, 0) is 31.0 Å². The number of benzene rings is 1. The summed E-state index contributed by atoms with van der Waals surface area (Å²) in [7, 11) is 0. The number of hydrogen-bond acceptors (Lipinski definition) is 3. The minimum absolute atomic E-state index is 0.559. The van der Waals surface area contributed by atoms with Crippen LogP contribution in [0.15, 0.2) is 18.2 Å². The van der Waals surface area contributed by atoms with E-state index >= 15 is 0 Å². The second-order valence-electron chi connectivity index (χ2n) is 4.71. The first-order valence-corrected chi connectivity index (χ1v) is 7.92. The van der Waals surface area contributed by atoms with Crippen LogP contribution in [0, 0.1) is 0 Å². The zero-order valence-electron chi connectivity index (χ0n) is 10.9. The van der Waals surface area contributed by atoms with Gasteiger partial charge >= 0.3 is 0 Å². The monoisotopic (exact) mass is 285 g/mol. The Bertz CT molecular complexity index is 399. The van der Waals surface area contributed by atoms with E-state index in [1.54, 1.807) is 0 Å². The van der Waals surface area contributed by atoms with Gasteiger partial charge in [0.15, 0.2) is 0 Å². The Balaban J connectivity index is 1.95. The highest BCUT2D eigenvalue weighted by atomic mass is 35.5. The lowest BCUT2D eigenvalue weighted by Crippen LogP contribution is -2.18. The number of ether oxygens (including phenoxy) is 1. The molecule has 2 rings (SSSR count). The summed E-state index contributed by atoms with van der Waals surface area (Å²) in [5.41, 5.74) is 1.09. The highest BCUT2D eigenvalue weighted by Gasteiger charge is 2.21. The third-order valence-corrected chi connectivity index (χ3v) is 4.61. The number of thioether (sulfide) groups is 1. The normalized spacial score (nSPS) is 23.1. The predicted octanol–water partition coefficient (Wildman–Crippen LogP) is 4.43. The molecule has 18 heavy (non-hydrogen) atoms. The molecule has 2 atom stereocenters. The van der Waals surface area contributed by atoms with Gasteiger partial charge in [0.05, 0.1) is 11.6 Å². The molecule has 1 aliphatic heterocycles. The van der Waals surface area contributed by atoms with Gasteiger partial charge in [0.1, 0.15) is 5.75 Å². The zero-order chi connectivity index (χ0) is 13.0. The van der Waals surface area contributed by atoms with Crippen LogP contribution >= 0.6 is 23.4 Å². The molecule has 1 heterocycles. The van der Waals surface area contributed by atoms with Gasteiger partial charge in [0.25, 0.3) is 0 Å². The third-order valence-electron chi connectivity index (χ3n) is 2.96. The SMILES string of the molecule is CCCOc1ccc(NC2CSC(C)C2)cc1Cl. The van der Waals surface area contributed by atoms with Crippen molar-refractivity contribution in [2.75, 3.05) is 17.7 Å². The molecule has 0 saturated carbocycles. The highest BCUT2D eigenvalue weighted by Crippen LogP contribution is 2.31. The van der Waals surface area contributed by atoms with Crippen LogP contribution in [0.25, 0.3) is 0 Å². The van der Waals surface area contributed by atoms with Crippen molar-refractivity contribution in [3.8, 4) is 5.75 Å². The lowest BCUT2D eigenvalue weighted by atomic mass is 10.2. The third kappa shape index (κ3) is 3.72. The van der Waals surface area contributed by atoms with E-state index in [1.807, 2.05) is 30.0 Å². The zero-order valence-corrected chi connectivity index (χ0v) is 12.5. The van der Waals surface area contributed by atoms with Gasteiger partial charge < -0.3 is 10.1 Å². The number of anilines is 1. The summed E-state index contributed by atoms with van der Waals surface area (Å²) in [5.74, 6) is 1.95. The molecule has 4 heteroatoms. The molecule has 0 bridgehead atoms. The molecule has 1 aliphatic rings. The molecule has 0 spiro atoms. The van der Waals surface area contributed by atoms with Crippen LogP contribution in [0.3, 0.4) is 0 Å². The smallest absolute Gasteiger partial charge is 0.138 e. The average molecular weight is 286 g/mol. The molecule has 0 amide bonds. The molecule has 0 aromatic heterocycles. The van der Waals surface area contributed by atoms with Crippen LogP contribution in [0.4, 0.5) is 5.69 Å². The molecule has 1 saturated heterocycles. The number of rotatable bonds is 5. The Morgan fingerprint density at radius 2 is 2.33 bits per heavy atom. The van der Waals surface area contributed by atoms with Gasteiger partial charge in [0.2, 0.25) is 0 Å². The maximum absolute atomic E-state index is 6.21. The van der Waals surface area contributed by atoms with Crippen molar-refractivity contribution in [2.24, 2.45) is 0 Å². The molecule has 1 N–H and O–H groups in total. The molecule has 2 nitrogen and oxygen atoms in total. The maximum Gasteiger partial charge on any atom is 0.138 e. The molecule has 1 aromatic carbocycles. The van der Waals surface area contributed by atoms with Gasteiger partial charge in [-0.3, -0.25) is 0 Å². The Morgan fingerprint density at radius 1 is 1.50 bits per heavy atom. The first-order chi connectivity index (χ1) is 8.69. The van der Waals surface area contributed by atoms with Crippen LogP contribution in [0.2, 0.25) is 5.02 Å². The number of nitrogens with one attached hydrogen (secondary N) is 1. The molecular formula is C14H20ClNOS. The fourth-order valence-corrected chi connectivity index (χ4v) is 3.46. The Kier molecular flexibility index (Phi) is 5.07. The van der Waals surface area contributed by atoms with Gasteiger partial charge in [-0.25, -0.2) is 0 Å². The van der Waals surface area contributed by atoms with Crippen LogP contribution < -0.4 is 10.1 Å². The van der Waals surface area contributed by atoms with E-state index in [1.165, 1.54) is 12.2 Å². The van der Waals surface area contributed by atoms with Crippen molar-refractivity contribution < 1.29 is 4.74 Å². The molecule has 2 unspecified atom stereocenters. The van der Waals surface area contributed by atoms with Crippen LogP contribution in [-0.2, 0) is 0 Å². The summed E-state index contributed by atoms with van der Waals surface area (Å²) in [5, 5.41) is 4.98. The molecule has 100 valence electrons. The summed E-state index contributed by atoms with van der Waals surface area (Å²) in [4.78, 5) is 0. The quantitative estimate of drug-likeness (QED) is 0.864. The van der Waals surface area contributed by atoms with E-state index in [0.717, 1.165) is 23.1 Å². The van der Waals surface area contributed by atoms with Crippen molar-refractivity contribution >= 4 is 29.1 Å². The van der Waals surface area contributed by atoms with Gasteiger partial charge in [0, 0.05) is 22.7 Å². The van der Waals surface area contributed by atoms with E-state index in [-0.39, 0.29) is 0 Å². The predicted molar refractivity (Wildman–Crippen MR) is 81.2 cm³/mol. The van der Waals surface area contributed by atoms with E-state index in [0.29, 0.717) is 17.7 Å². The summed E-state index contributed by atoms with van der Waals surface area (Å²) in [6, 6.07) is 6.51. The standard InChI is InChI=1S/C14H20ClNOS/c1-3-6-17-14-5-4-11(8-13(14)15)16-12-7-10(2)18-9-12/h4-5,8,10,12,16H,3,6-7,9H2,1-2H3. The second kappa shape index (κ2) is 6.58. The van der Waals surface area contributed by atoms with Crippen molar-refractivity contribution in [2.45, 2.75) is 38.0 Å². The van der Waals surface area contributed by atoms with Gasteiger partial charge in [-0.2, -0.15) is 11.8 Å². The summed E-state index contributed by atoms with van der Waals surface area (Å²) >= 11 is 8.23. The minimum Gasteiger partial charge on any atom is -0.492 e. The van der Waals surface area contributed by atoms with E-state index in [4.69, 9.17) is 16.3 Å². The Morgan fingerprint density at radius 3 is 2.94 bits per heavy atom. The molecule has 0 radical (unpaired) electrons. The second-order valence-corrected chi connectivity index (χ2v) is 6.59. The molecule has 1 fully saturated rings. The van der Waals surface area contributed by atoms with Gasteiger partial charge in [-0.15, -0.1) is 0 Å². The summed E-state index contributed by atoms with van der Waals surface area (Å²) in [6.45, 7) is 5.08. The largest absolute Gasteiger partial charge is 0.492 e. The van der Waals surface area contributed by atoms with Crippen molar-refractivity contribution in [1.82, 2.24) is 0 Å². The molecule has 1 aromatic rings. The molecular weight excluding hydrogens is 266 g/mol. The van der Waals surface area contributed by atoms with E-state index in [2.05, 4.69) is 19.2 Å². The Labute approximate surface area is 118 Å². The van der Waals surface area contributed by atoms with Crippen molar-refractivity contribution in [3.63, 3.8) is 0 Å². The lowest BCUT2D eigenvalue weighted by molar-refractivity contribution is 0.317. The fraction of sp³-hybridized carbons (Fsp3) is 0.571. The minimum atomic E-state index is 0.559. The summed E-state index contributed by atoms with van der Waals surface area (Å²) < 4.78 is 5.56. The van der Waals surface area contributed by atoms with E-state index < -0.39 is 0 Å². The summed E-state index contributed by atoms with van der Waals surface area (Å²) in [6.07, 6.45) is 2.21. The lowest BCUT2D eigenvalue weighted by Gasteiger charge is -2.15. The van der Waals surface area contributed by atoms with Crippen molar-refractivity contribution in [1.29, 1.82) is 0 Å². The maximum atomic E-state index is 6.21. The van der Waals surface area contributed by atoms with Gasteiger partial charge in [-0.1, -0.05) is 25.4 Å². The first kappa shape index (κ1) is 13.9. The topological polar surface area (TPSA) is 21.3 Å². The van der Waals surface area contributed by atoms with E-state index in [9.17, 15) is 0 Å². The van der Waals surface area contributed by atoms with Crippen LogP contribution in [-0.4, -0.2) is 23.7 Å². The van der Waals surface area contributed by atoms with Crippen LogP contribution in [0.1, 0.15) is 26.7 Å². The first-order valence-electron chi connectivity index (χ1n) is 6.49. The number of halogens is 1. The number of hydrogen-bond donors (Lipinski definition) is 1. The average Bonchev–Trinajstić information content (AvgIpc) is 2.74. The molecule has 0 aliphatic carbocycles.